The third-order valence-corrected chi connectivity index (χ3v) is 5.97. The number of pyridine rings is 1. The van der Waals surface area contributed by atoms with E-state index in [1.54, 1.807) is 43.1 Å². The molecule has 10 heteroatoms. The molecule has 0 unspecified atom stereocenters. The van der Waals surface area contributed by atoms with Gasteiger partial charge in [0.1, 0.15) is 5.75 Å². The molecule has 0 aliphatic carbocycles. The van der Waals surface area contributed by atoms with Crippen LogP contribution in [0.4, 0.5) is 14.5 Å². The lowest BCUT2D eigenvalue weighted by Crippen LogP contribution is -2.45. The highest BCUT2D eigenvalue weighted by Crippen LogP contribution is 2.40. The van der Waals surface area contributed by atoms with Gasteiger partial charge in [0.2, 0.25) is 0 Å². The summed E-state index contributed by atoms with van der Waals surface area (Å²) in [6.07, 6.45) is 9.44. The van der Waals surface area contributed by atoms with Gasteiger partial charge < -0.3 is 19.3 Å². The third kappa shape index (κ3) is 5.02. The van der Waals surface area contributed by atoms with Crippen molar-refractivity contribution in [2.75, 3.05) is 12.3 Å². The lowest BCUT2D eigenvalue weighted by atomic mass is 10.0. The number of alkyl halides is 2. The van der Waals surface area contributed by atoms with Gasteiger partial charge in [-0.25, -0.2) is 9.98 Å². The minimum atomic E-state index is -2.89. The molecule has 162 valence electrons. The molecule has 31 heavy (non-hydrogen) atoms. The number of amidine groups is 1. The van der Waals surface area contributed by atoms with Crippen LogP contribution in [0.5, 0.6) is 5.75 Å². The Morgan fingerprint density at radius 1 is 1.16 bits per heavy atom. The maximum Gasteiger partial charge on any atom is 0.387 e. The highest BCUT2D eigenvalue weighted by molar-refractivity contribution is 8.14. The molecule has 2 aromatic heterocycles. The molecule has 1 saturated heterocycles. The lowest BCUT2D eigenvalue weighted by molar-refractivity contribution is -0.0514. The maximum absolute atomic E-state index is 12.5. The summed E-state index contributed by atoms with van der Waals surface area (Å²) >= 11 is 1.44. The van der Waals surface area contributed by atoms with E-state index >= 15 is 0 Å². The Kier molecular flexibility index (Phi) is 6.47. The fraction of sp³-hybridized carbons (Fsp3) is 0.286. The van der Waals surface area contributed by atoms with Gasteiger partial charge in [-0.2, -0.15) is 8.78 Å². The Hall–Kier alpha value is -2.98. The normalized spacial score (nSPS) is 20.0. The van der Waals surface area contributed by atoms with E-state index in [1.807, 2.05) is 21.7 Å². The van der Waals surface area contributed by atoms with Crippen molar-refractivity contribution in [3.05, 3.63) is 73.1 Å². The maximum atomic E-state index is 12.5. The van der Waals surface area contributed by atoms with Gasteiger partial charge in [0.15, 0.2) is 10.9 Å². The van der Waals surface area contributed by atoms with Crippen molar-refractivity contribution < 1.29 is 18.6 Å². The molecule has 1 aliphatic heterocycles. The standard InChI is InChI=1S/C21H21F2N5O2S/c22-19(23)30-18-6-4-16(5-7-18)21(29)14-31-20(26-17-3-1-8-24-13-17)28(21)11-2-10-27-12-9-25-15-27/h1,3-9,12-13,15,19,29H,2,10-11,14H2/t21-/m0/s1. The van der Waals surface area contributed by atoms with E-state index < -0.39 is 12.3 Å². The zero-order valence-corrected chi connectivity index (χ0v) is 17.3. The van der Waals surface area contributed by atoms with E-state index in [-0.39, 0.29) is 5.75 Å². The highest BCUT2D eigenvalue weighted by Gasteiger charge is 2.44. The first-order valence-electron chi connectivity index (χ1n) is 9.67. The molecule has 1 aromatic carbocycles. The smallest absolute Gasteiger partial charge is 0.387 e. The summed E-state index contributed by atoms with van der Waals surface area (Å²) in [5.74, 6) is 0.399. The van der Waals surface area contributed by atoms with Crippen molar-refractivity contribution in [2.45, 2.75) is 25.3 Å². The van der Waals surface area contributed by atoms with Crippen molar-refractivity contribution in [3.63, 3.8) is 0 Å². The molecule has 0 radical (unpaired) electrons. The second kappa shape index (κ2) is 9.44. The van der Waals surface area contributed by atoms with E-state index in [4.69, 9.17) is 0 Å². The Balaban J connectivity index is 1.58. The molecule has 7 nitrogen and oxygen atoms in total. The monoisotopic (exact) mass is 445 g/mol. The summed E-state index contributed by atoms with van der Waals surface area (Å²) < 4.78 is 31.3. The van der Waals surface area contributed by atoms with Gasteiger partial charge in [-0.05, 0) is 30.7 Å². The number of hydrogen-bond donors (Lipinski definition) is 1. The quantitative estimate of drug-likeness (QED) is 0.568. The van der Waals surface area contributed by atoms with Crippen molar-refractivity contribution in [3.8, 4) is 5.75 Å². The van der Waals surface area contributed by atoms with E-state index in [0.717, 1.165) is 13.0 Å². The molecule has 3 aromatic rings. The number of thioether (sulfide) groups is 1. The van der Waals surface area contributed by atoms with Crippen LogP contribution in [0.3, 0.4) is 0 Å². The van der Waals surface area contributed by atoms with Crippen LogP contribution >= 0.6 is 11.8 Å². The van der Waals surface area contributed by atoms with Gasteiger partial charge in [0, 0.05) is 37.2 Å². The zero-order valence-electron chi connectivity index (χ0n) is 16.5. The molecular formula is C21H21F2N5O2S. The van der Waals surface area contributed by atoms with Gasteiger partial charge in [0.05, 0.1) is 24.0 Å². The molecule has 1 N–H and O–H groups in total. The molecule has 1 atom stereocenters. The second-order valence-corrected chi connectivity index (χ2v) is 7.86. The molecule has 0 saturated carbocycles. The van der Waals surface area contributed by atoms with E-state index in [0.29, 0.717) is 28.7 Å². The minimum absolute atomic E-state index is 0.0453. The van der Waals surface area contributed by atoms with Crippen LogP contribution in [0.1, 0.15) is 12.0 Å². The number of aliphatic hydroxyl groups is 1. The van der Waals surface area contributed by atoms with Crippen LogP contribution in [0.25, 0.3) is 0 Å². The molecule has 1 aliphatic rings. The van der Waals surface area contributed by atoms with Gasteiger partial charge in [-0.15, -0.1) is 0 Å². The first kappa shape index (κ1) is 21.3. The average Bonchev–Trinajstić information content (AvgIpc) is 3.39. The lowest BCUT2D eigenvalue weighted by Gasteiger charge is -2.34. The number of nitrogens with zero attached hydrogens (tertiary/aromatic N) is 5. The largest absolute Gasteiger partial charge is 0.435 e. The second-order valence-electron chi connectivity index (χ2n) is 6.92. The fourth-order valence-corrected chi connectivity index (χ4v) is 4.58. The molecule has 0 bridgehead atoms. The summed E-state index contributed by atoms with van der Waals surface area (Å²) in [7, 11) is 0. The number of aryl methyl sites for hydroxylation is 1. The van der Waals surface area contributed by atoms with Crippen LogP contribution in [0.2, 0.25) is 0 Å². The van der Waals surface area contributed by atoms with Gasteiger partial charge in [-0.1, -0.05) is 23.9 Å². The summed E-state index contributed by atoms with van der Waals surface area (Å²) in [5, 5.41) is 12.3. The van der Waals surface area contributed by atoms with Crippen molar-refractivity contribution in [1.82, 2.24) is 19.4 Å². The number of rotatable bonds is 8. The van der Waals surface area contributed by atoms with Gasteiger partial charge >= 0.3 is 6.61 Å². The number of halogens is 2. The van der Waals surface area contributed by atoms with Crippen molar-refractivity contribution in [1.29, 1.82) is 0 Å². The Labute approximate surface area is 182 Å². The number of benzene rings is 1. The summed E-state index contributed by atoms with van der Waals surface area (Å²) in [5.41, 5.74) is -0.0560. The van der Waals surface area contributed by atoms with E-state index in [1.165, 1.54) is 23.9 Å². The van der Waals surface area contributed by atoms with Gasteiger partial charge in [0.25, 0.3) is 0 Å². The number of imidazole rings is 1. The summed E-state index contributed by atoms with van der Waals surface area (Å²) in [4.78, 5) is 14.7. The molecule has 0 amide bonds. The molecule has 1 fully saturated rings. The van der Waals surface area contributed by atoms with Crippen LogP contribution < -0.4 is 4.74 Å². The Morgan fingerprint density at radius 3 is 2.68 bits per heavy atom. The highest BCUT2D eigenvalue weighted by atomic mass is 32.2. The third-order valence-electron chi connectivity index (χ3n) is 4.85. The number of ether oxygens (including phenoxy) is 1. The fourth-order valence-electron chi connectivity index (χ4n) is 3.36. The van der Waals surface area contributed by atoms with E-state index in [9.17, 15) is 13.9 Å². The van der Waals surface area contributed by atoms with Gasteiger partial charge in [-0.3, -0.25) is 4.98 Å². The summed E-state index contributed by atoms with van der Waals surface area (Å²) in [6, 6.07) is 9.73. The van der Waals surface area contributed by atoms with Crippen molar-refractivity contribution in [2.24, 2.45) is 4.99 Å². The topological polar surface area (TPSA) is 75.8 Å². The first-order chi connectivity index (χ1) is 15.0. The number of aromatic nitrogens is 3. The van der Waals surface area contributed by atoms with Crippen LogP contribution in [-0.4, -0.2) is 48.6 Å². The van der Waals surface area contributed by atoms with Crippen LogP contribution in [-0.2, 0) is 12.3 Å². The number of hydrogen-bond acceptors (Lipinski definition) is 6. The summed E-state index contributed by atoms with van der Waals surface area (Å²) in [6.45, 7) is -1.62. The predicted molar refractivity (Wildman–Crippen MR) is 114 cm³/mol. The molecule has 0 spiro atoms. The Bertz CT molecular complexity index is 1000. The molecular weight excluding hydrogens is 424 g/mol. The van der Waals surface area contributed by atoms with Crippen LogP contribution in [0.15, 0.2) is 72.5 Å². The molecule has 3 heterocycles. The molecule has 4 rings (SSSR count). The van der Waals surface area contributed by atoms with E-state index in [2.05, 4.69) is 19.7 Å². The average molecular weight is 445 g/mol. The predicted octanol–water partition coefficient (Wildman–Crippen LogP) is 3.85. The van der Waals surface area contributed by atoms with Crippen molar-refractivity contribution >= 4 is 22.6 Å². The van der Waals surface area contributed by atoms with Crippen LogP contribution in [0, 0.1) is 0 Å². The Morgan fingerprint density at radius 2 is 2.00 bits per heavy atom. The zero-order chi connectivity index (χ0) is 21.7. The SMILES string of the molecule is O[C@]1(c2ccc(OC(F)F)cc2)CSC(=Nc2cccnc2)N1CCCn1ccnc1. The number of aliphatic imine (C=N–C) groups is 1. The minimum Gasteiger partial charge on any atom is -0.435 e. The first-order valence-corrected chi connectivity index (χ1v) is 10.7.